The number of carbonyl (C=O) groups excluding carboxylic acids is 1. The van der Waals surface area contributed by atoms with Crippen LogP contribution in [0.4, 0.5) is 0 Å². The largest absolute Gasteiger partial charge is 0.321 e. The summed E-state index contributed by atoms with van der Waals surface area (Å²) in [6.45, 7) is 2.02. The van der Waals surface area contributed by atoms with Crippen molar-refractivity contribution in [3.05, 3.63) is 35.4 Å². The number of rotatable bonds is 3. The molecule has 0 fully saturated rings. The van der Waals surface area contributed by atoms with Crippen molar-refractivity contribution in [3.63, 3.8) is 0 Å². The van der Waals surface area contributed by atoms with Gasteiger partial charge in [0.05, 0.1) is 6.04 Å². The van der Waals surface area contributed by atoms with Gasteiger partial charge in [-0.1, -0.05) is 29.8 Å². The van der Waals surface area contributed by atoms with Crippen LogP contribution in [0.15, 0.2) is 24.3 Å². The smallest absolute Gasteiger partial charge is 0.217 e. The van der Waals surface area contributed by atoms with Gasteiger partial charge in [-0.3, -0.25) is 4.79 Å². The van der Waals surface area contributed by atoms with Gasteiger partial charge >= 0.3 is 0 Å². The van der Waals surface area contributed by atoms with E-state index in [0.717, 1.165) is 5.56 Å². The fourth-order valence-electron chi connectivity index (χ4n) is 1.02. The van der Waals surface area contributed by atoms with Crippen LogP contribution >= 0.6 is 0 Å². The zero-order chi connectivity index (χ0) is 8.97. The van der Waals surface area contributed by atoms with Gasteiger partial charge in [-0.05, 0) is 18.9 Å². The van der Waals surface area contributed by atoms with E-state index in [-0.39, 0.29) is 0 Å². The highest BCUT2D eigenvalue weighted by atomic mass is 16.1. The molecule has 2 N–H and O–H groups in total. The molecule has 0 heterocycles. The summed E-state index contributed by atoms with van der Waals surface area (Å²) in [7, 11) is 0. The highest BCUT2D eigenvalue weighted by Crippen LogP contribution is 2.04. The third kappa shape index (κ3) is 2.47. The molecule has 0 amide bonds. The van der Waals surface area contributed by atoms with Gasteiger partial charge < -0.3 is 5.73 Å². The normalized spacial score (nSPS) is 12.5. The van der Waals surface area contributed by atoms with Crippen molar-refractivity contribution in [2.45, 2.75) is 19.4 Å². The molecule has 1 aromatic carbocycles. The molecule has 2 heteroatoms. The monoisotopic (exact) mass is 162 g/mol. The summed E-state index contributed by atoms with van der Waals surface area (Å²) in [6, 6.07) is 7.48. The fourth-order valence-corrected chi connectivity index (χ4v) is 1.02. The molecule has 63 valence electrons. The van der Waals surface area contributed by atoms with Crippen LogP contribution in [0.5, 0.6) is 0 Å². The van der Waals surface area contributed by atoms with Crippen molar-refractivity contribution in [1.82, 2.24) is 0 Å². The third-order valence-electron chi connectivity index (χ3n) is 1.73. The maximum atomic E-state index is 10.1. The van der Waals surface area contributed by atoms with Crippen molar-refractivity contribution < 1.29 is 4.79 Å². The Kier molecular flexibility index (Phi) is 3.00. The molecule has 2 nitrogen and oxygen atoms in total. The van der Waals surface area contributed by atoms with Crippen LogP contribution in [-0.4, -0.2) is 12.3 Å². The van der Waals surface area contributed by atoms with Crippen LogP contribution in [0.2, 0.25) is 0 Å². The molecule has 1 rings (SSSR count). The van der Waals surface area contributed by atoms with E-state index in [1.54, 1.807) is 6.29 Å². The second-order valence-corrected chi connectivity index (χ2v) is 2.91. The van der Waals surface area contributed by atoms with E-state index >= 15 is 0 Å². The van der Waals surface area contributed by atoms with Gasteiger partial charge in [0.25, 0.3) is 0 Å². The summed E-state index contributed by atoms with van der Waals surface area (Å²) in [5.41, 5.74) is 7.71. The molecule has 12 heavy (non-hydrogen) atoms. The van der Waals surface area contributed by atoms with Crippen molar-refractivity contribution in [1.29, 1.82) is 0 Å². The minimum Gasteiger partial charge on any atom is -0.321 e. The molecule has 0 saturated heterocycles. The molecule has 0 spiro atoms. The van der Waals surface area contributed by atoms with Gasteiger partial charge in [0.15, 0.2) is 0 Å². The zero-order valence-corrected chi connectivity index (χ0v) is 7.08. The van der Waals surface area contributed by atoms with Crippen molar-refractivity contribution in [3.8, 4) is 0 Å². The molecule has 0 aliphatic carbocycles. The molecule has 0 unspecified atom stereocenters. The molecular weight excluding hydrogens is 150 g/mol. The number of hydrogen-bond donors (Lipinski definition) is 1. The van der Waals surface area contributed by atoms with Gasteiger partial charge in [-0.2, -0.15) is 0 Å². The summed E-state index contributed by atoms with van der Waals surface area (Å²) < 4.78 is 0. The lowest BCUT2D eigenvalue weighted by Crippen LogP contribution is -2.23. The summed E-state index contributed by atoms with van der Waals surface area (Å²) in [5, 5.41) is 0. The SMILES string of the molecule is Cc1ccc(C[C@H](N)[C]=O)cc1. The standard InChI is InChI=1S/C10H12NO/c1-8-2-4-9(5-3-8)6-10(11)7-12/h2-5,10H,6,11H2,1H3/t10-/m0/s1. The Labute approximate surface area is 72.4 Å². The Hall–Kier alpha value is -1.15. The fraction of sp³-hybridized carbons (Fsp3) is 0.300. The van der Waals surface area contributed by atoms with E-state index in [1.165, 1.54) is 5.56 Å². The first-order valence-corrected chi connectivity index (χ1v) is 3.91. The molecule has 0 aromatic heterocycles. The Bertz CT molecular complexity index is 253. The van der Waals surface area contributed by atoms with Gasteiger partial charge in [-0.15, -0.1) is 0 Å². The molecular formula is C10H12NO. The molecule has 1 aromatic rings. The molecule has 0 saturated carbocycles. The average Bonchev–Trinajstić information content (AvgIpc) is 2.09. The van der Waals surface area contributed by atoms with E-state index in [0.29, 0.717) is 6.42 Å². The zero-order valence-electron chi connectivity index (χ0n) is 7.08. The Morgan fingerprint density at radius 2 is 2.00 bits per heavy atom. The Balaban J connectivity index is 2.64. The molecule has 0 bridgehead atoms. The van der Waals surface area contributed by atoms with Crippen LogP contribution in [0.25, 0.3) is 0 Å². The predicted molar refractivity (Wildman–Crippen MR) is 48.6 cm³/mol. The molecule has 0 aliphatic rings. The van der Waals surface area contributed by atoms with E-state index in [4.69, 9.17) is 5.73 Å². The van der Waals surface area contributed by atoms with Crippen LogP contribution in [-0.2, 0) is 11.2 Å². The molecule has 1 atom stereocenters. The Morgan fingerprint density at radius 1 is 1.42 bits per heavy atom. The summed E-state index contributed by atoms with van der Waals surface area (Å²) in [5.74, 6) is 0. The topological polar surface area (TPSA) is 43.1 Å². The summed E-state index contributed by atoms with van der Waals surface area (Å²) in [4.78, 5) is 10.1. The van der Waals surface area contributed by atoms with Crippen molar-refractivity contribution in [2.24, 2.45) is 5.73 Å². The van der Waals surface area contributed by atoms with E-state index < -0.39 is 6.04 Å². The minimum atomic E-state index is -0.493. The molecule has 0 aliphatic heterocycles. The van der Waals surface area contributed by atoms with Crippen molar-refractivity contribution >= 4 is 6.29 Å². The average molecular weight is 162 g/mol. The number of hydrogen-bond acceptors (Lipinski definition) is 2. The maximum absolute atomic E-state index is 10.1. The van der Waals surface area contributed by atoms with Crippen LogP contribution in [0.3, 0.4) is 0 Å². The number of aryl methyl sites for hydroxylation is 1. The first-order valence-electron chi connectivity index (χ1n) is 3.91. The minimum absolute atomic E-state index is 0.493. The van der Waals surface area contributed by atoms with Crippen LogP contribution < -0.4 is 5.73 Å². The lowest BCUT2D eigenvalue weighted by molar-refractivity contribution is 0.541. The predicted octanol–water partition coefficient (Wildman–Crippen LogP) is 0.975. The van der Waals surface area contributed by atoms with Gasteiger partial charge in [0.2, 0.25) is 6.29 Å². The first kappa shape index (κ1) is 8.94. The first-order chi connectivity index (χ1) is 5.72. The second kappa shape index (κ2) is 4.02. The van der Waals surface area contributed by atoms with E-state index in [2.05, 4.69) is 0 Å². The summed E-state index contributed by atoms with van der Waals surface area (Å²) >= 11 is 0. The third-order valence-corrected chi connectivity index (χ3v) is 1.73. The highest BCUT2D eigenvalue weighted by molar-refractivity contribution is 5.58. The van der Waals surface area contributed by atoms with Gasteiger partial charge in [-0.25, -0.2) is 0 Å². The second-order valence-electron chi connectivity index (χ2n) is 2.91. The van der Waals surface area contributed by atoms with Crippen LogP contribution in [0, 0.1) is 6.92 Å². The number of nitrogens with two attached hydrogens (primary N) is 1. The quantitative estimate of drug-likeness (QED) is 0.719. The molecule has 1 radical (unpaired) electrons. The van der Waals surface area contributed by atoms with Crippen LogP contribution in [0.1, 0.15) is 11.1 Å². The lowest BCUT2D eigenvalue weighted by atomic mass is 10.1. The number of benzene rings is 1. The van der Waals surface area contributed by atoms with Crippen molar-refractivity contribution in [2.75, 3.05) is 0 Å². The van der Waals surface area contributed by atoms with E-state index in [1.807, 2.05) is 31.2 Å². The lowest BCUT2D eigenvalue weighted by Gasteiger charge is -2.02. The van der Waals surface area contributed by atoms with Gasteiger partial charge in [0.1, 0.15) is 0 Å². The van der Waals surface area contributed by atoms with Gasteiger partial charge in [0, 0.05) is 0 Å². The van der Waals surface area contributed by atoms with E-state index in [9.17, 15) is 4.79 Å². The highest BCUT2D eigenvalue weighted by Gasteiger charge is 2.01. The maximum Gasteiger partial charge on any atom is 0.217 e. The summed E-state index contributed by atoms with van der Waals surface area (Å²) in [6.07, 6.45) is 2.33. The Morgan fingerprint density at radius 3 is 2.50 bits per heavy atom.